The van der Waals surface area contributed by atoms with Crippen molar-refractivity contribution in [3.63, 3.8) is 0 Å². The molecule has 0 atom stereocenters. The summed E-state index contributed by atoms with van der Waals surface area (Å²) in [5, 5.41) is 0. The zero-order chi connectivity index (χ0) is 21.6. The molecule has 0 N–H and O–H groups in total. The average Bonchev–Trinajstić information content (AvgIpc) is 2.81. The Morgan fingerprint density at radius 1 is 0.871 bits per heavy atom. The lowest BCUT2D eigenvalue weighted by molar-refractivity contribution is -0.136. The van der Waals surface area contributed by atoms with Gasteiger partial charge in [-0.25, -0.2) is 9.78 Å². The van der Waals surface area contributed by atoms with E-state index < -0.39 is 5.97 Å². The molecule has 0 saturated heterocycles. The Morgan fingerprint density at radius 2 is 1.52 bits per heavy atom. The van der Waals surface area contributed by atoms with E-state index >= 15 is 0 Å². The largest absolute Gasteiger partial charge is 0.454 e. The Balaban J connectivity index is 1.33. The number of nitrogens with zero attached hydrogens (tertiary/aromatic N) is 2. The molecule has 3 aromatic carbocycles. The predicted molar refractivity (Wildman–Crippen MR) is 123 cm³/mol. The molecule has 0 spiro atoms. The van der Waals surface area contributed by atoms with E-state index in [1.54, 1.807) is 18.3 Å². The first-order chi connectivity index (χ1) is 15.1. The van der Waals surface area contributed by atoms with Crippen LogP contribution in [0.5, 0.6) is 0 Å². The highest BCUT2D eigenvalue weighted by Gasteiger charge is 2.09. The topological polar surface area (TPSA) is 69.2 Å². The van der Waals surface area contributed by atoms with Crippen LogP contribution in [-0.4, -0.2) is 28.3 Å². The number of fused-ring (bicyclic) bond motifs is 1. The molecule has 0 aliphatic heterocycles. The predicted octanol–water partition coefficient (Wildman–Crippen LogP) is 5.50. The van der Waals surface area contributed by atoms with E-state index in [4.69, 9.17) is 4.74 Å². The van der Waals surface area contributed by atoms with E-state index in [0.29, 0.717) is 11.3 Å². The third-order valence-corrected chi connectivity index (χ3v) is 5.12. The van der Waals surface area contributed by atoms with Gasteiger partial charge in [-0.3, -0.25) is 9.78 Å². The van der Waals surface area contributed by atoms with Crippen LogP contribution < -0.4 is 0 Å². The van der Waals surface area contributed by atoms with Crippen LogP contribution in [0.3, 0.4) is 0 Å². The van der Waals surface area contributed by atoms with Crippen molar-refractivity contribution in [3.05, 3.63) is 101 Å². The number of ether oxygens (including phenoxy) is 1. The lowest BCUT2D eigenvalue weighted by atomic mass is 10.0. The molecule has 0 aliphatic rings. The summed E-state index contributed by atoms with van der Waals surface area (Å²) in [7, 11) is 0. The van der Waals surface area contributed by atoms with Gasteiger partial charge in [0.15, 0.2) is 12.4 Å². The molecule has 31 heavy (non-hydrogen) atoms. The van der Waals surface area contributed by atoms with Gasteiger partial charge in [0.05, 0.1) is 22.9 Å². The molecule has 6 heteroatoms. The number of carbonyl (C=O) groups is 2. The van der Waals surface area contributed by atoms with Gasteiger partial charge in [-0.1, -0.05) is 64.5 Å². The van der Waals surface area contributed by atoms with Gasteiger partial charge in [0.25, 0.3) is 0 Å². The number of aromatic nitrogens is 2. The lowest BCUT2D eigenvalue weighted by Gasteiger charge is -2.05. The van der Waals surface area contributed by atoms with E-state index in [0.717, 1.165) is 26.6 Å². The number of halogens is 1. The first-order valence-corrected chi connectivity index (χ1v) is 10.3. The maximum Gasteiger partial charge on any atom is 0.331 e. The second-order valence-corrected chi connectivity index (χ2v) is 7.65. The first kappa shape index (κ1) is 20.6. The summed E-state index contributed by atoms with van der Waals surface area (Å²) in [6, 6.07) is 22.6. The van der Waals surface area contributed by atoms with Crippen LogP contribution in [-0.2, 0) is 9.53 Å². The number of hydrogen-bond donors (Lipinski definition) is 0. The van der Waals surface area contributed by atoms with Gasteiger partial charge in [0.2, 0.25) is 0 Å². The summed E-state index contributed by atoms with van der Waals surface area (Å²) in [5.74, 6) is -0.885. The molecule has 5 nitrogen and oxygen atoms in total. The summed E-state index contributed by atoms with van der Waals surface area (Å²) in [5.41, 5.74) is 4.58. The van der Waals surface area contributed by atoms with E-state index in [1.165, 1.54) is 12.2 Å². The molecule has 0 unspecified atom stereocenters. The smallest absolute Gasteiger partial charge is 0.331 e. The summed E-state index contributed by atoms with van der Waals surface area (Å²) in [6.07, 6.45) is 4.33. The number of para-hydroxylation sites is 2. The summed E-state index contributed by atoms with van der Waals surface area (Å²) in [4.78, 5) is 33.0. The molecule has 1 aromatic heterocycles. The minimum atomic E-state index is -0.616. The van der Waals surface area contributed by atoms with Crippen LogP contribution in [0.2, 0.25) is 0 Å². The van der Waals surface area contributed by atoms with Crippen molar-refractivity contribution in [3.8, 4) is 11.1 Å². The van der Waals surface area contributed by atoms with Crippen LogP contribution in [0.15, 0.2) is 89.5 Å². The van der Waals surface area contributed by atoms with Crippen LogP contribution in [0.25, 0.3) is 28.2 Å². The zero-order valence-electron chi connectivity index (χ0n) is 16.4. The van der Waals surface area contributed by atoms with Crippen molar-refractivity contribution in [2.75, 3.05) is 6.61 Å². The fourth-order valence-corrected chi connectivity index (χ4v) is 3.23. The Hall–Kier alpha value is -3.64. The van der Waals surface area contributed by atoms with E-state index in [9.17, 15) is 9.59 Å². The SMILES string of the molecule is O=C(/C=C/c1cnc2ccccc2n1)OCC(=O)c1ccc(-c2ccc(Br)cc2)cc1. The Kier molecular flexibility index (Phi) is 6.29. The van der Waals surface area contributed by atoms with Crippen molar-refractivity contribution >= 4 is 44.8 Å². The van der Waals surface area contributed by atoms with Crippen LogP contribution in [0.4, 0.5) is 0 Å². The second kappa shape index (κ2) is 9.45. The first-order valence-electron chi connectivity index (χ1n) is 9.54. The van der Waals surface area contributed by atoms with E-state index in [-0.39, 0.29) is 12.4 Å². The normalized spacial score (nSPS) is 11.0. The van der Waals surface area contributed by atoms with Crippen molar-refractivity contribution in [2.45, 2.75) is 0 Å². The average molecular weight is 473 g/mol. The number of rotatable bonds is 6. The van der Waals surface area contributed by atoms with E-state index in [2.05, 4.69) is 25.9 Å². The van der Waals surface area contributed by atoms with Crippen molar-refractivity contribution in [2.24, 2.45) is 0 Å². The summed E-state index contributed by atoms with van der Waals surface area (Å²) >= 11 is 3.41. The molecule has 0 fully saturated rings. The molecule has 0 saturated carbocycles. The van der Waals surface area contributed by atoms with Gasteiger partial charge in [0.1, 0.15) is 0 Å². The molecule has 4 rings (SSSR count). The number of esters is 1. The number of ketones is 1. The minimum Gasteiger partial charge on any atom is -0.454 e. The number of Topliss-reactive ketones (excluding diaryl/α,β-unsaturated/α-hetero) is 1. The summed E-state index contributed by atoms with van der Waals surface area (Å²) < 4.78 is 6.07. The molecule has 152 valence electrons. The lowest BCUT2D eigenvalue weighted by Crippen LogP contribution is -2.12. The maximum absolute atomic E-state index is 12.3. The maximum atomic E-state index is 12.3. The number of carbonyl (C=O) groups excluding carboxylic acids is 2. The van der Waals surface area contributed by atoms with Gasteiger partial charge in [-0.15, -0.1) is 0 Å². The number of benzene rings is 3. The molecular formula is C25H17BrN2O3. The highest BCUT2D eigenvalue weighted by atomic mass is 79.9. The molecule has 4 aromatic rings. The van der Waals surface area contributed by atoms with Gasteiger partial charge < -0.3 is 4.74 Å². The Bertz CT molecular complexity index is 1270. The third kappa shape index (κ3) is 5.29. The molecule has 0 amide bonds. The molecule has 1 heterocycles. The zero-order valence-corrected chi connectivity index (χ0v) is 18.0. The van der Waals surface area contributed by atoms with Gasteiger partial charge in [-0.2, -0.15) is 0 Å². The molecule has 0 radical (unpaired) electrons. The van der Waals surface area contributed by atoms with E-state index in [1.807, 2.05) is 60.7 Å². The molecule has 0 bridgehead atoms. The second-order valence-electron chi connectivity index (χ2n) is 6.73. The van der Waals surface area contributed by atoms with Gasteiger partial charge >= 0.3 is 5.97 Å². The minimum absolute atomic E-state index is 0.269. The van der Waals surface area contributed by atoms with Crippen molar-refractivity contribution in [1.82, 2.24) is 9.97 Å². The van der Waals surface area contributed by atoms with Gasteiger partial charge in [-0.05, 0) is 41.5 Å². The van der Waals surface area contributed by atoms with Crippen LogP contribution in [0.1, 0.15) is 16.1 Å². The fourth-order valence-electron chi connectivity index (χ4n) is 2.96. The summed E-state index contributed by atoms with van der Waals surface area (Å²) in [6.45, 7) is -0.329. The molecular weight excluding hydrogens is 456 g/mol. The standard InChI is InChI=1S/C25H17BrN2O3/c26-20-11-9-18(10-12-20)17-5-7-19(8-6-17)24(29)16-31-25(30)14-13-21-15-27-22-3-1-2-4-23(22)28-21/h1-15H,16H2/b14-13+. The van der Waals surface area contributed by atoms with Crippen molar-refractivity contribution < 1.29 is 14.3 Å². The Labute approximate surface area is 187 Å². The van der Waals surface area contributed by atoms with Crippen LogP contribution >= 0.6 is 15.9 Å². The molecule has 0 aliphatic carbocycles. The van der Waals surface area contributed by atoms with Crippen LogP contribution in [0, 0.1) is 0 Å². The highest BCUT2D eigenvalue weighted by molar-refractivity contribution is 9.10. The Morgan fingerprint density at radius 3 is 2.23 bits per heavy atom. The fraction of sp³-hybridized carbons (Fsp3) is 0.0400. The van der Waals surface area contributed by atoms with Gasteiger partial charge in [0, 0.05) is 16.1 Å². The number of hydrogen-bond acceptors (Lipinski definition) is 5. The van der Waals surface area contributed by atoms with Crippen molar-refractivity contribution in [1.29, 1.82) is 0 Å². The quantitative estimate of drug-likeness (QED) is 0.210. The highest BCUT2D eigenvalue weighted by Crippen LogP contribution is 2.22. The third-order valence-electron chi connectivity index (χ3n) is 4.59. The monoisotopic (exact) mass is 472 g/mol.